The zero-order valence-corrected chi connectivity index (χ0v) is 7.13. The Labute approximate surface area is 68.0 Å². The third-order valence-corrected chi connectivity index (χ3v) is 1.67. The maximum Gasteiger partial charge on any atom is 0.119 e. The van der Waals surface area contributed by atoms with Crippen molar-refractivity contribution in [2.75, 3.05) is 7.11 Å². The van der Waals surface area contributed by atoms with Crippen molar-refractivity contribution in [3.05, 3.63) is 29.8 Å². The van der Waals surface area contributed by atoms with Gasteiger partial charge in [0.25, 0.3) is 0 Å². The van der Waals surface area contributed by atoms with Crippen LogP contribution in [-0.2, 0) is 6.42 Å². The van der Waals surface area contributed by atoms with Gasteiger partial charge in [0.1, 0.15) is 5.75 Å². The van der Waals surface area contributed by atoms with E-state index in [1.54, 1.807) is 7.11 Å². The lowest BCUT2D eigenvalue weighted by molar-refractivity contribution is 0.414. The lowest BCUT2D eigenvalue weighted by Crippen LogP contribution is -1.86. The van der Waals surface area contributed by atoms with Crippen LogP contribution in [-0.4, -0.2) is 7.11 Å². The van der Waals surface area contributed by atoms with Gasteiger partial charge >= 0.3 is 0 Å². The van der Waals surface area contributed by atoms with Crippen LogP contribution >= 0.6 is 0 Å². The molecule has 1 aromatic carbocycles. The molecule has 0 spiro atoms. The number of hydrogen-bond donors (Lipinski definition) is 0. The highest BCUT2D eigenvalue weighted by Gasteiger charge is 1.92. The SMILES string of the molecule is CCCc1cccc(OC)c1. The number of ether oxygens (including phenoxy) is 1. The van der Waals surface area contributed by atoms with Gasteiger partial charge in [0.05, 0.1) is 7.11 Å². The van der Waals surface area contributed by atoms with Gasteiger partial charge in [-0.25, -0.2) is 0 Å². The van der Waals surface area contributed by atoms with Crippen LogP contribution in [0.1, 0.15) is 18.9 Å². The summed E-state index contributed by atoms with van der Waals surface area (Å²) in [6.45, 7) is 2.18. The number of methoxy groups -OCH3 is 1. The standard InChI is InChI=1S/C10H14O/c1-3-5-9-6-4-7-10(8-9)11-2/h4,6-8H,3,5H2,1-2H3. The fourth-order valence-electron chi connectivity index (χ4n) is 1.12. The maximum absolute atomic E-state index is 5.10. The van der Waals surface area contributed by atoms with Gasteiger partial charge in [-0.05, 0) is 24.1 Å². The summed E-state index contributed by atoms with van der Waals surface area (Å²) in [4.78, 5) is 0. The van der Waals surface area contributed by atoms with Crippen LogP contribution in [0.15, 0.2) is 24.3 Å². The molecule has 0 aliphatic rings. The van der Waals surface area contributed by atoms with Crippen LogP contribution in [0.3, 0.4) is 0 Å². The molecule has 0 unspecified atom stereocenters. The molecule has 0 aromatic heterocycles. The van der Waals surface area contributed by atoms with Gasteiger partial charge in [0, 0.05) is 0 Å². The maximum atomic E-state index is 5.10. The van der Waals surface area contributed by atoms with Crippen molar-refractivity contribution in [3.63, 3.8) is 0 Å². The molecular weight excluding hydrogens is 136 g/mol. The number of rotatable bonds is 3. The van der Waals surface area contributed by atoms with E-state index in [1.807, 2.05) is 12.1 Å². The summed E-state index contributed by atoms with van der Waals surface area (Å²) in [6, 6.07) is 8.22. The Bertz CT molecular complexity index is 218. The summed E-state index contributed by atoms with van der Waals surface area (Å²) in [5.41, 5.74) is 1.35. The second-order valence-corrected chi connectivity index (χ2v) is 2.60. The molecular formula is C10H14O. The minimum absolute atomic E-state index is 0.955. The molecule has 1 heteroatoms. The van der Waals surface area contributed by atoms with E-state index >= 15 is 0 Å². The topological polar surface area (TPSA) is 9.23 Å². The van der Waals surface area contributed by atoms with E-state index in [9.17, 15) is 0 Å². The van der Waals surface area contributed by atoms with Crippen LogP contribution in [0.5, 0.6) is 5.75 Å². The first-order valence-corrected chi connectivity index (χ1v) is 3.99. The van der Waals surface area contributed by atoms with E-state index in [0.29, 0.717) is 0 Å². The summed E-state index contributed by atoms with van der Waals surface area (Å²) >= 11 is 0. The van der Waals surface area contributed by atoms with E-state index in [-0.39, 0.29) is 0 Å². The van der Waals surface area contributed by atoms with Gasteiger partial charge in [0.2, 0.25) is 0 Å². The van der Waals surface area contributed by atoms with Gasteiger partial charge in [-0.1, -0.05) is 25.5 Å². The molecule has 1 nitrogen and oxygen atoms in total. The Morgan fingerprint density at radius 1 is 1.36 bits per heavy atom. The molecule has 11 heavy (non-hydrogen) atoms. The van der Waals surface area contributed by atoms with E-state index in [1.165, 1.54) is 12.0 Å². The van der Waals surface area contributed by atoms with Crippen molar-refractivity contribution >= 4 is 0 Å². The molecule has 1 rings (SSSR count). The number of aryl methyl sites for hydroxylation is 1. The summed E-state index contributed by atoms with van der Waals surface area (Å²) in [6.07, 6.45) is 2.32. The van der Waals surface area contributed by atoms with Crippen molar-refractivity contribution in [3.8, 4) is 5.75 Å². The van der Waals surface area contributed by atoms with Crippen molar-refractivity contribution < 1.29 is 4.74 Å². The fraction of sp³-hybridized carbons (Fsp3) is 0.400. The molecule has 0 heterocycles. The first kappa shape index (κ1) is 8.12. The Morgan fingerprint density at radius 3 is 2.82 bits per heavy atom. The average molecular weight is 150 g/mol. The normalized spacial score (nSPS) is 9.64. The van der Waals surface area contributed by atoms with Crippen LogP contribution in [0.25, 0.3) is 0 Å². The summed E-state index contributed by atoms with van der Waals surface area (Å²) in [5, 5.41) is 0. The Morgan fingerprint density at radius 2 is 2.18 bits per heavy atom. The predicted molar refractivity (Wildman–Crippen MR) is 47.0 cm³/mol. The smallest absolute Gasteiger partial charge is 0.119 e. The second-order valence-electron chi connectivity index (χ2n) is 2.60. The van der Waals surface area contributed by atoms with Gasteiger partial charge in [0.15, 0.2) is 0 Å². The molecule has 0 radical (unpaired) electrons. The molecule has 0 saturated heterocycles. The zero-order chi connectivity index (χ0) is 8.10. The molecule has 1 aromatic rings. The quantitative estimate of drug-likeness (QED) is 0.643. The van der Waals surface area contributed by atoms with Crippen molar-refractivity contribution in [1.82, 2.24) is 0 Å². The Balaban J connectivity index is 2.74. The number of hydrogen-bond acceptors (Lipinski definition) is 1. The molecule has 0 aliphatic carbocycles. The summed E-state index contributed by atoms with van der Waals surface area (Å²) in [7, 11) is 1.70. The molecule has 0 N–H and O–H groups in total. The largest absolute Gasteiger partial charge is 0.497 e. The monoisotopic (exact) mass is 150 g/mol. The Kier molecular flexibility index (Phi) is 2.96. The lowest BCUT2D eigenvalue weighted by Gasteiger charge is -2.01. The highest BCUT2D eigenvalue weighted by Crippen LogP contribution is 2.13. The predicted octanol–water partition coefficient (Wildman–Crippen LogP) is 2.65. The van der Waals surface area contributed by atoms with Crippen molar-refractivity contribution in [2.24, 2.45) is 0 Å². The van der Waals surface area contributed by atoms with E-state index in [0.717, 1.165) is 12.2 Å². The van der Waals surface area contributed by atoms with Crippen molar-refractivity contribution in [2.45, 2.75) is 19.8 Å². The minimum atomic E-state index is 0.955. The molecule has 0 saturated carbocycles. The zero-order valence-electron chi connectivity index (χ0n) is 7.13. The fourth-order valence-corrected chi connectivity index (χ4v) is 1.12. The van der Waals surface area contributed by atoms with Gasteiger partial charge in [-0.3, -0.25) is 0 Å². The van der Waals surface area contributed by atoms with Crippen LogP contribution < -0.4 is 4.74 Å². The van der Waals surface area contributed by atoms with E-state index in [4.69, 9.17) is 4.74 Å². The van der Waals surface area contributed by atoms with Crippen LogP contribution in [0.4, 0.5) is 0 Å². The Hall–Kier alpha value is -0.980. The third kappa shape index (κ3) is 2.26. The highest BCUT2D eigenvalue weighted by molar-refractivity contribution is 5.28. The number of benzene rings is 1. The molecule has 0 amide bonds. The second kappa shape index (κ2) is 4.02. The van der Waals surface area contributed by atoms with Crippen LogP contribution in [0.2, 0.25) is 0 Å². The minimum Gasteiger partial charge on any atom is -0.497 e. The molecule has 0 atom stereocenters. The first-order chi connectivity index (χ1) is 5.36. The van der Waals surface area contributed by atoms with Crippen LogP contribution in [0, 0.1) is 0 Å². The third-order valence-electron chi connectivity index (χ3n) is 1.67. The van der Waals surface area contributed by atoms with Gasteiger partial charge in [-0.2, -0.15) is 0 Å². The van der Waals surface area contributed by atoms with Gasteiger partial charge < -0.3 is 4.74 Å². The average Bonchev–Trinajstić information content (AvgIpc) is 2.06. The molecule has 0 fully saturated rings. The summed E-state index contributed by atoms with van der Waals surface area (Å²) < 4.78 is 5.10. The van der Waals surface area contributed by atoms with Gasteiger partial charge in [-0.15, -0.1) is 0 Å². The van der Waals surface area contributed by atoms with E-state index < -0.39 is 0 Å². The lowest BCUT2D eigenvalue weighted by atomic mass is 10.1. The van der Waals surface area contributed by atoms with E-state index in [2.05, 4.69) is 19.1 Å². The highest BCUT2D eigenvalue weighted by atomic mass is 16.5. The first-order valence-electron chi connectivity index (χ1n) is 3.99. The molecule has 60 valence electrons. The molecule has 0 bridgehead atoms. The van der Waals surface area contributed by atoms with Crippen molar-refractivity contribution in [1.29, 1.82) is 0 Å². The molecule has 0 aliphatic heterocycles. The summed E-state index contributed by atoms with van der Waals surface area (Å²) in [5.74, 6) is 0.955.